The van der Waals surface area contributed by atoms with Crippen LogP contribution in [0.3, 0.4) is 0 Å². The van der Waals surface area contributed by atoms with Gasteiger partial charge in [0, 0.05) is 24.4 Å². The van der Waals surface area contributed by atoms with Crippen LogP contribution in [0.15, 0.2) is 18.3 Å². The van der Waals surface area contributed by atoms with Crippen molar-refractivity contribution in [2.24, 2.45) is 11.5 Å². The van der Waals surface area contributed by atoms with E-state index in [9.17, 15) is 0 Å². The number of hydrogen-bond donors (Lipinski definition) is 2. The zero-order valence-electron chi connectivity index (χ0n) is 7.12. The fraction of sp³-hybridized carbons (Fsp3) is 0.444. The van der Waals surface area contributed by atoms with E-state index < -0.39 is 5.54 Å². The second kappa shape index (κ2) is 2.28. The van der Waals surface area contributed by atoms with Crippen molar-refractivity contribution in [1.82, 2.24) is 4.98 Å². The van der Waals surface area contributed by atoms with E-state index in [1.54, 1.807) is 6.20 Å². The van der Waals surface area contributed by atoms with Gasteiger partial charge in [-0.05, 0) is 18.6 Å². The third-order valence-corrected chi connectivity index (χ3v) is 2.65. The summed E-state index contributed by atoms with van der Waals surface area (Å²) >= 11 is 0. The molecule has 1 heterocycles. The van der Waals surface area contributed by atoms with Crippen LogP contribution in [0.25, 0.3) is 0 Å². The van der Waals surface area contributed by atoms with Crippen LogP contribution in [0.2, 0.25) is 0 Å². The molecular weight excluding hydrogens is 150 g/mol. The maximum absolute atomic E-state index is 6.07. The number of rotatable bonds is 0. The molecule has 1 aromatic rings. The summed E-state index contributed by atoms with van der Waals surface area (Å²) in [5.74, 6) is 0. The summed E-state index contributed by atoms with van der Waals surface area (Å²) in [4.78, 5) is 4.25. The van der Waals surface area contributed by atoms with Crippen LogP contribution in [0.5, 0.6) is 0 Å². The molecule has 2 atom stereocenters. The molecule has 3 nitrogen and oxygen atoms in total. The molecule has 1 unspecified atom stereocenters. The number of nitrogens with two attached hydrogens (primary N) is 2. The summed E-state index contributed by atoms with van der Waals surface area (Å²) in [6, 6.07) is 3.92. The lowest BCUT2D eigenvalue weighted by Crippen LogP contribution is -2.47. The molecular formula is C9H13N3. The van der Waals surface area contributed by atoms with Crippen LogP contribution in [0.1, 0.15) is 18.2 Å². The first-order valence-electron chi connectivity index (χ1n) is 4.11. The van der Waals surface area contributed by atoms with Crippen molar-refractivity contribution in [3.8, 4) is 0 Å². The number of hydrogen-bond acceptors (Lipinski definition) is 3. The Labute approximate surface area is 71.8 Å². The van der Waals surface area contributed by atoms with Crippen molar-refractivity contribution in [3.05, 3.63) is 29.6 Å². The Morgan fingerprint density at radius 3 is 3.08 bits per heavy atom. The quantitative estimate of drug-likeness (QED) is 0.571. The molecule has 12 heavy (non-hydrogen) atoms. The Morgan fingerprint density at radius 1 is 1.67 bits per heavy atom. The monoisotopic (exact) mass is 163 g/mol. The predicted octanol–water partition coefficient (Wildman–Crippen LogP) is 0.139. The molecule has 0 aromatic carbocycles. The topological polar surface area (TPSA) is 64.9 Å². The molecule has 1 aliphatic rings. The molecule has 0 saturated carbocycles. The van der Waals surface area contributed by atoms with Crippen LogP contribution >= 0.6 is 0 Å². The molecule has 1 aliphatic carbocycles. The summed E-state index contributed by atoms with van der Waals surface area (Å²) in [5, 5.41) is 0. The summed E-state index contributed by atoms with van der Waals surface area (Å²) < 4.78 is 0. The Bertz CT molecular complexity index is 306. The maximum Gasteiger partial charge on any atom is 0.0556 e. The van der Waals surface area contributed by atoms with E-state index >= 15 is 0 Å². The van der Waals surface area contributed by atoms with Gasteiger partial charge >= 0.3 is 0 Å². The van der Waals surface area contributed by atoms with Gasteiger partial charge in [-0.3, -0.25) is 4.98 Å². The molecule has 2 rings (SSSR count). The second-order valence-electron chi connectivity index (χ2n) is 3.59. The van der Waals surface area contributed by atoms with Crippen LogP contribution < -0.4 is 11.5 Å². The largest absolute Gasteiger partial charge is 0.325 e. The predicted molar refractivity (Wildman–Crippen MR) is 47.5 cm³/mol. The van der Waals surface area contributed by atoms with Crippen molar-refractivity contribution < 1.29 is 0 Å². The highest BCUT2D eigenvalue weighted by Crippen LogP contribution is 2.31. The molecule has 0 aliphatic heterocycles. The van der Waals surface area contributed by atoms with Gasteiger partial charge in [0.25, 0.3) is 0 Å². The summed E-state index contributed by atoms with van der Waals surface area (Å²) in [6.07, 6.45) is 2.58. The fourth-order valence-electron chi connectivity index (χ4n) is 1.71. The van der Waals surface area contributed by atoms with Crippen molar-refractivity contribution in [1.29, 1.82) is 0 Å². The van der Waals surface area contributed by atoms with Crippen LogP contribution in [-0.2, 0) is 12.0 Å². The number of aromatic nitrogens is 1. The molecule has 0 fully saturated rings. The SMILES string of the molecule is CC1(N)c2cccnc2C[C@H]1N. The van der Waals surface area contributed by atoms with Crippen molar-refractivity contribution >= 4 is 0 Å². The first kappa shape index (κ1) is 7.71. The van der Waals surface area contributed by atoms with Crippen LogP contribution in [-0.4, -0.2) is 11.0 Å². The Hall–Kier alpha value is -0.930. The summed E-state index contributed by atoms with van der Waals surface area (Å²) in [5.41, 5.74) is 13.7. The van der Waals surface area contributed by atoms with E-state index in [0.717, 1.165) is 17.7 Å². The zero-order chi connectivity index (χ0) is 8.77. The smallest absolute Gasteiger partial charge is 0.0556 e. The highest BCUT2D eigenvalue weighted by Gasteiger charge is 2.38. The van der Waals surface area contributed by atoms with Gasteiger partial charge in [-0.2, -0.15) is 0 Å². The van der Waals surface area contributed by atoms with E-state index in [2.05, 4.69) is 4.98 Å². The second-order valence-corrected chi connectivity index (χ2v) is 3.59. The molecule has 3 heteroatoms. The maximum atomic E-state index is 6.07. The van der Waals surface area contributed by atoms with Crippen molar-refractivity contribution in [3.63, 3.8) is 0 Å². The summed E-state index contributed by atoms with van der Waals surface area (Å²) in [7, 11) is 0. The average molecular weight is 163 g/mol. The minimum atomic E-state index is -0.399. The average Bonchev–Trinajstić information content (AvgIpc) is 2.25. The Balaban J connectivity index is 2.55. The number of nitrogens with zero attached hydrogens (tertiary/aromatic N) is 1. The van der Waals surface area contributed by atoms with E-state index in [1.807, 2.05) is 19.1 Å². The summed E-state index contributed by atoms with van der Waals surface area (Å²) in [6.45, 7) is 1.96. The normalized spacial score (nSPS) is 33.4. The molecule has 0 amide bonds. The minimum Gasteiger partial charge on any atom is -0.325 e. The van der Waals surface area contributed by atoms with E-state index in [0.29, 0.717) is 0 Å². The third-order valence-electron chi connectivity index (χ3n) is 2.65. The Morgan fingerprint density at radius 2 is 2.42 bits per heavy atom. The lowest BCUT2D eigenvalue weighted by molar-refractivity contribution is 0.421. The standard InChI is InChI=1S/C9H13N3/c1-9(11)6-3-2-4-12-7(6)5-8(9)10/h2-4,8H,5,10-11H2,1H3/t8-,9?/m1/s1. The molecule has 4 N–H and O–H groups in total. The number of fused-ring (bicyclic) bond motifs is 1. The first-order valence-corrected chi connectivity index (χ1v) is 4.11. The number of pyridine rings is 1. The van der Waals surface area contributed by atoms with E-state index in [4.69, 9.17) is 11.5 Å². The van der Waals surface area contributed by atoms with Gasteiger partial charge in [0.15, 0.2) is 0 Å². The molecule has 64 valence electrons. The van der Waals surface area contributed by atoms with E-state index in [1.165, 1.54) is 0 Å². The lowest BCUT2D eigenvalue weighted by atomic mass is 9.93. The first-order chi connectivity index (χ1) is 5.62. The third kappa shape index (κ3) is 0.869. The van der Waals surface area contributed by atoms with Crippen molar-refractivity contribution in [2.75, 3.05) is 0 Å². The highest BCUT2D eigenvalue weighted by atomic mass is 14.9. The Kier molecular flexibility index (Phi) is 1.46. The molecule has 0 radical (unpaired) electrons. The minimum absolute atomic E-state index is 0.00222. The zero-order valence-corrected chi connectivity index (χ0v) is 7.12. The van der Waals surface area contributed by atoms with Gasteiger partial charge in [-0.15, -0.1) is 0 Å². The van der Waals surface area contributed by atoms with Gasteiger partial charge in [-0.1, -0.05) is 6.07 Å². The van der Waals surface area contributed by atoms with Gasteiger partial charge in [-0.25, -0.2) is 0 Å². The molecule has 0 bridgehead atoms. The molecule has 1 aromatic heterocycles. The van der Waals surface area contributed by atoms with Gasteiger partial charge in [0.2, 0.25) is 0 Å². The van der Waals surface area contributed by atoms with Crippen LogP contribution in [0.4, 0.5) is 0 Å². The molecule has 0 saturated heterocycles. The van der Waals surface area contributed by atoms with Gasteiger partial charge in [0.1, 0.15) is 0 Å². The highest BCUT2D eigenvalue weighted by molar-refractivity contribution is 5.35. The molecule has 0 spiro atoms. The lowest BCUT2D eigenvalue weighted by Gasteiger charge is -2.24. The van der Waals surface area contributed by atoms with Crippen LogP contribution in [0, 0.1) is 0 Å². The van der Waals surface area contributed by atoms with E-state index in [-0.39, 0.29) is 6.04 Å². The van der Waals surface area contributed by atoms with Gasteiger partial charge < -0.3 is 11.5 Å². The van der Waals surface area contributed by atoms with Crippen molar-refractivity contribution in [2.45, 2.75) is 24.9 Å². The fourth-order valence-corrected chi connectivity index (χ4v) is 1.71. The van der Waals surface area contributed by atoms with Gasteiger partial charge in [0.05, 0.1) is 5.54 Å².